The molecule has 0 aliphatic carbocycles. The molecule has 1 aliphatic heterocycles. The minimum Gasteiger partial charge on any atom is -0.492 e. The summed E-state index contributed by atoms with van der Waals surface area (Å²) in [4.78, 5) is 11.3. The van der Waals surface area contributed by atoms with Gasteiger partial charge < -0.3 is 15.4 Å². The first kappa shape index (κ1) is 13.8. The van der Waals surface area contributed by atoms with Crippen LogP contribution < -0.4 is 15.4 Å². The van der Waals surface area contributed by atoms with E-state index < -0.39 is 0 Å². The van der Waals surface area contributed by atoms with Gasteiger partial charge in [-0.05, 0) is 18.2 Å². The molecule has 0 radical (unpaired) electrons. The Morgan fingerprint density at radius 3 is 3.12 bits per heavy atom. The van der Waals surface area contributed by atoms with Crippen molar-refractivity contribution in [3.63, 3.8) is 0 Å². The molecule has 0 bridgehead atoms. The number of carbonyl (C=O) groups excluding carboxylic acids is 1. The molecule has 0 saturated heterocycles. The molecule has 17 heavy (non-hydrogen) atoms. The highest BCUT2D eigenvalue weighted by atomic mass is 35.5. The Hall–Kier alpha value is -1.26. The van der Waals surface area contributed by atoms with E-state index in [1.54, 1.807) is 0 Å². The van der Waals surface area contributed by atoms with Crippen LogP contribution in [0.5, 0.6) is 5.75 Å². The van der Waals surface area contributed by atoms with Crippen molar-refractivity contribution in [1.29, 1.82) is 0 Å². The van der Waals surface area contributed by atoms with Gasteiger partial charge in [0.05, 0.1) is 0 Å². The molecule has 1 aromatic carbocycles. The minimum atomic E-state index is 0. The molecule has 0 saturated carbocycles. The summed E-state index contributed by atoms with van der Waals surface area (Å²) in [6.45, 7) is 4.16. The van der Waals surface area contributed by atoms with E-state index in [4.69, 9.17) is 4.74 Å². The fraction of sp³-hybridized carbons (Fsp3) is 0.417. The molecule has 4 nitrogen and oxygen atoms in total. The van der Waals surface area contributed by atoms with Crippen molar-refractivity contribution in [1.82, 2.24) is 5.32 Å². The number of hydrogen-bond acceptors (Lipinski definition) is 3. The summed E-state index contributed by atoms with van der Waals surface area (Å²) >= 11 is 0. The van der Waals surface area contributed by atoms with Crippen molar-refractivity contribution in [2.24, 2.45) is 0 Å². The van der Waals surface area contributed by atoms with Crippen LogP contribution in [0.1, 0.15) is 18.9 Å². The summed E-state index contributed by atoms with van der Waals surface area (Å²) < 4.78 is 5.56. The van der Waals surface area contributed by atoms with Crippen LogP contribution in [0, 0.1) is 0 Å². The van der Waals surface area contributed by atoms with Crippen LogP contribution in [0.25, 0.3) is 0 Å². The van der Waals surface area contributed by atoms with Gasteiger partial charge in [0.15, 0.2) is 0 Å². The van der Waals surface area contributed by atoms with Gasteiger partial charge in [-0.1, -0.05) is 6.92 Å². The Bertz CT molecular complexity index is 396. The zero-order chi connectivity index (χ0) is 11.4. The van der Waals surface area contributed by atoms with Crippen LogP contribution in [0.2, 0.25) is 0 Å². The highest BCUT2D eigenvalue weighted by Crippen LogP contribution is 2.24. The van der Waals surface area contributed by atoms with Gasteiger partial charge in [0, 0.05) is 30.8 Å². The number of amides is 1. The van der Waals surface area contributed by atoms with Crippen LogP contribution in [0.4, 0.5) is 5.69 Å². The van der Waals surface area contributed by atoms with E-state index in [1.165, 1.54) is 0 Å². The predicted molar refractivity (Wildman–Crippen MR) is 69.8 cm³/mol. The maximum atomic E-state index is 11.3. The monoisotopic (exact) mass is 256 g/mol. The lowest BCUT2D eigenvalue weighted by atomic mass is 10.1. The number of fused-ring (bicyclic) bond motifs is 1. The van der Waals surface area contributed by atoms with Crippen LogP contribution >= 0.6 is 12.4 Å². The van der Waals surface area contributed by atoms with Gasteiger partial charge in [0.1, 0.15) is 12.4 Å². The molecular formula is C12H17ClN2O2. The SMILES string of the molecule is CCC(=O)Nc1ccc2c(c1)CNCCO2.Cl. The third-order valence-corrected chi connectivity index (χ3v) is 2.52. The molecule has 1 aromatic rings. The first-order valence-corrected chi connectivity index (χ1v) is 5.56. The Morgan fingerprint density at radius 2 is 2.35 bits per heavy atom. The van der Waals surface area contributed by atoms with E-state index in [0.29, 0.717) is 13.0 Å². The quantitative estimate of drug-likeness (QED) is 0.850. The van der Waals surface area contributed by atoms with Gasteiger partial charge >= 0.3 is 0 Å². The highest BCUT2D eigenvalue weighted by Gasteiger charge is 2.09. The molecule has 1 aliphatic rings. The van der Waals surface area contributed by atoms with E-state index in [0.717, 1.165) is 30.1 Å². The average molecular weight is 257 g/mol. The standard InChI is InChI=1S/C12H16N2O2.ClH/c1-2-12(15)14-10-3-4-11-9(7-10)8-13-5-6-16-11;/h3-4,7,13H,2,5-6,8H2,1H3,(H,14,15);1H. The summed E-state index contributed by atoms with van der Waals surface area (Å²) in [7, 11) is 0. The number of ether oxygens (including phenoxy) is 1. The predicted octanol–water partition coefficient (Wildman–Crippen LogP) is 1.94. The van der Waals surface area contributed by atoms with Crippen LogP contribution in [-0.4, -0.2) is 19.1 Å². The molecule has 0 aromatic heterocycles. The number of hydrogen-bond donors (Lipinski definition) is 2. The second-order valence-electron chi connectivity index (χ2n) is 3.75. The summed E-state index contributed by atoms with van der Waals surface area (Å²) in [6.07, 6.45) is 0.492. The normalized spacial score (nSPS) is 13.7. The lowest BCUT2D eigenvalue weighted by molar-refractivity contribution is -0.115. The summed E-state index contributed by atoms with van der Waals surface area (Å²) in [6, 6.07) is 5.74. The molecule has 0 atom stereocenters. The lowest BCUT2D eigenvalue weighted by Crippen LogP contribution is -2.16. The minimum absolute atomic E-state index is 0. The van der Waals surface area contributed by atoms with Crippen molar-refractivity contribution >= 4 is 24.0 Å². The second-order valence-corrected chi connectivity index (χ2v) is 3.75. The third kappa shape index (κ3) is 3.61. The molecule has 94 valence electrons. The zero-order valence-electron chi connectivity index (χ0n) is 9.79. The average Bonchev–Trinajstić information content (AvgIpc) is 2.53. The first-order chi connectivity index (χ1) is 7.79. The van der Waals surface area contributed by atoms with E-state index in [9.17, 15) is 4.79 Å². The Morgan fingerprint density at radius 1 is 1.53 bits per heavy atom. The first-order valence-electron chi connectivity index (χ1n) is 5.56. The van der Waals surface area contributed by atoms with Crippen molar-refractivity contribution in [3.05, 3.63) is 23.8 Å². The zero-order valence-corrected chi connectivity index (χ0v) is 10.6. The van der Waals surface area contributed by atoms with Crippen molar-refractivity contribution in [3.8, 4) is 5.75 Å². The number of anilines is 1. The van der Waals surface area contributed by atoms with Crippen molar-refractivity contribution < 1.29 is 9.53 Å². The molecule has 2 N–H and O–H groups in total. The molecule has 5 heteroatoms. The van der Waals surface area contributed by atoms with Gasteiger partial charge in [0.2, 0.25) is 5.91 Å². The fourth-order valence-corrected chi connectivity index (χ4v) is 1.64. The highest BCUT2D eigenvalue weighted by molar-refractivity contribution is 5.90. The van der Waals surface area contributed by atoms with Gasteiger partial charge in [0.25, 0.3) is 0 Å². The smallest absolute Gasteiger partial charge is 0.224 e. The van der Waals surface area contributed by atoms with Crippen molar-refractivity contribution in [2.75, 3.05) is 18.5 Å². The molecule has 1 heterocycles. The molecule has 0 fully saturated rings. The van der Waals surface area contributed by atoms with Crippen LogP contribution in [0.15, 0.2) is 18.2 Å². The molecular weight excluding hydrogens is 240 g/mol. The second kappa shape index (κ2) is 6.47. The summed E-state index contributed by atoms with van der Waals surface area (Å²) in [5.74, 6) is 0.932. The maximum Gasteiger partial charge on any atom is 0.224 e. The van der Waals surface area contributed by atoms with Gasteiger partial charge in [-0.25, -0.2) is 0 Å². The number of halogens is 1. The topological polar surface area (TPSA) is 50.4 Å². The molecule has 0 unspecified atom stereocenters. The Labute approximate surface area is 107 Å². The van der Waals surface area contributed by atoms with Gasteiger partial charge in [-0.2, -0.15) is 0 Å². The fourth-order valence-electron chi connectivity index (χ4n) is 1.64. The van der Waals surface area contributed by atoms with Crippen molar-refractivity contribution in [2.45, 2.75) is 19.9 Å². The number of benzene rings is 1. The van der Waals surface area contributed by atoms with Crippen LogP contribution in [-0.2, 0) is 11.3 Å². The Balaban J connectivity index is 0.00000144. The molecule has 2 rings (SSSR count). The van der Waals surface area contributed by atoms with Crippen LogP contribution in [0.3, 0.4) is 0 Å². The largest absolute Gasteiger partial charge is 0.492 e. The van der Waals surface area contributed by atoms with E-state index >= 15 is 0 Å². The number of carbonyl (C=O) groups is 1. The summed E-state index contributed by atoms with van der Waals surface area (Å²) in [5.41, 5.74) is 1.92. The third-order valence-electron chi connectivity index (χ3n) is 2.52. The van der Waals surface area contributed by atoms with E-state index in [2.05, 4.69) is 10.6 Å². The lowest BCUT2D eigenvalue weighted by Gasteiger charge is -2.09. The number of nitrogens with one attached hydrogen (secondary N) is 2. The van der Waals surface area contributed by atoms with E-state index in [-0.39, 0.29) is 18.3 Å². The molecule has 1 amide bonds. The summed E-state index contributed by atoms with van der Waals surface area (Å²) in [5, 5.41) is 6.10. The maximum absolute atomic E-state index is 11.3. The number of rotatable bonds is 2. The van der Waals surface area contributed by atoms with E-state index in [1.807, 2.05) is 25.1 Å². The molecule has 0 spiro atoms. The van der Waals surface area contributed by atoms with Gasteiger partial charge in [-0.15, -0.1) is 12.4 Å². The Kier molecular flexibility index (Phi) is 5.25. The van der Waals surface area contributed by atoms with Gasteiger partial charge in [-0.3, -0.25) is 4.79 Å².